The lowest BCUT2D eigenvalue weighted by atomic mass is 10.2. The highest BCUT2D eigenvalue weighted by molar-refractivity contribution is 5.63. The van der Waals surface area contributed by atoms with Crippen LogP contribution in [0, 0.1) is 6.92 Å². The Morgan fingerprint density at radius 3 is 2.85 bits per heavy atom. The number of rotatable bonds is 10. The Morgan fingerprint density at radius 2 is 2.19 bits per heavy atom. The summed E-state index contributed by atoms with van der Waals surface area (Å²) in [6.07, 6.45) is 4.45. The van der Waals surface area contributed by atoms with Crippen molar-refractivity contribution in [1.29, 1.82) is 0 Å². The van der Waals surface area contributed by atoms with E-state index in [2.05, 4.69) is 21.5 Å². The van der Waals surface area contributed by atoms with Crippen molar-refractivity contribution in [2.75, 3.05) is 46.0 Å². The van der Waals surface area contributed by atoms with Crippen LogP contribution >= 0.6 is 0 Å². The Kier molecular flexibility index (Phi) is 8.11. The molecule has 9 nitrogen and oxygen atoms in total. The van der Waals surface area contributed by atoms with Crippen LogP contribution in [0.1, 0.15) is 12.0 Å². The smallest absolute Gasteiger partial charge is 0.161 e. The molecular formula is C18H29N5O4. The van der Waals surface area contributed by atoms with Crippen molar-refractivity contribution >= 4 is 18.0 Å². The lowest BCUT2D eigenvalue weighted by molar-refractivity contribution is -0.111. The summed E-state index contributed by atoms with van der Waals surface area (Å²) in [4.78, 5) is 16.7. The molecule has 0 radical (unpaired) electrons. The van der Waals surface area contributed by atoms with Gasteiger partial charge in [-0.2, -0.15) is 0 Å². The van der Waals surface area contributed by atoms with Gasteiger partial charge in [-0.25, -0.2) is 15.0 Å². The maximum Gasteiger partial charge on any atom is 0.161 e. The highest BCUT2D eigenvalue weighted by Crippen LogP contribution is 2.31. The molecule has 1 N–H and O–H groups in total. The minimum atomic E-state index is -0.418. The number of anilines is 1. The van der Waals surface area contributed by atoms with Gasteiger partial charge in [0.15, 0.2) is 5.82 Å². The summed E-state index contributed by atoms with van der Waals surface area (Å²) in [5.74, 6) is 1.32. The molecule has 0 aromatic carbocycles. The standard InChI is InChI=1S/C18H29N5O4/c1-6-7-25-12-26-14-8-16(27-15(14)9-24)23(5)18-13(2)17(19-10-20-18)21-11-22(3)4/h6,10-11,14-16,24H,1,7-9,12H2,2-5H3/b21-11+/t14?,15-,16-/m1/s1. The van der Waals surface area contributed by atoms with Crippen molar-refractivity contribution in [2.45, 2.75) is 31.8 Å². The minimum Gasteiger partial charge on any atom is -0.394 e. The predicted octanol–water partition coefficient (Wildman–Crippen LogP) is 1.10. The number of nitrogens with zero attached hydrogens (tertiary/aromatic N) is 5. The molecule has 9 heteroatoms. The van der Waals surface area contributed by atoms with Crippen molar-refractivity contribution < 1.29 is 19.3 Å². The van der Waals surface area contributed by atoms with Gasteiger partial charge in [-0.3, -0.25) is 0 Å². The van der Waals surface area contributed by atoms with E-state index in [1.54, 1.807) is 12.4 Å². The molecule has 2 rings (SSSR count). The van der Waals surface area contributed by atoms with E-state index in [1.807, 2.05) is 37.9 Å². The summed E-state index contributed by atoms with van der Waals surface area (Å²) in [5, 5.41) is 9.60. The van der Waals surface area contributed by atoms with Gasteiger partial charge in [0.1, 0.15) is 31.3 Å². The number of aliphatic imine (C=N–C) groups is 1. The van der Waals surface area contributed by atoms with Crippen LogP contribution in [0.15, 0.2) is 24.0 Å². The van der Waals surface area contributed by atoms with Gasteiger partial charge < -0.3 is 29.1 Å². The first-order valence-electron chi connectivity index (χ1n) is 8.79. The number of aliphatic hydroxyl groups is 1. The number of ether oxygens (including phenoxy) is 3. The van der Waals surface area contributed by atoms with Gasteiger partial charge in [0.05, 0.1) is 25.7 Å². The Hall–Kier alpha value is -2.07. The first-order chi connectivity index (χ1) is 13.0. The third-order valence-corrected chi connectivity index (χ3v) is 4.17. The summed E-state index contributed by atoms with van der Waals surface area (Å²) in [6.45, 7) is 5.93. The Morgan fingerprint density at radius 1 is 1.41 bits per heavy atom. The number of aromatic nitrogens is 2. The van der Waals surface area contributed by atoms with Crippen molar-refractivity contribution in [3.8, 4) is 0 Å². The topological polar surface area (TPSA) is 92.5 Å². The van der Waals surface area contributed by atoms with Crippen LogP contribution in [0.4, 0.5) is 11.6 Å². The van der Waals surface area contributed by atoms with Crippen LogP contribution in [-0.4, -0.2) is 85.9 Å². The molecule has 150 valence electrons. The monoisotopic (exact) mass is 379 g/mol. The molecule has 1 fully saturated rings. The second-order valence-electron chi connectivity index (χ2n) is 6.49. The van der Waals surface area contributed by atoms with Gasteiger partial charge >= 0.3 is 0 Å². The first-order valence-corrected chi connectivity index (χ1v) is 8.79. The minimum absolute atomic E-state index is 0.127. The second-order valence-corrected chi connectivity index (χ2v) is 6.49. The van der Waals surface area contributed by atoms with Crippen molar-refractivity contribution in [3.63, 3.8) is 0 Å². The van der Waals surface area contributed by atoms with E-state index in [4.69, 9.17) is 14.2 Å². The zero-order chi connectivity index (χ0) is 19.8. The summed E-state index contributed by atoms with van der Waals surface area (Å²) < 4.78 is 16.9. The highest BCUT2D eigenvalue weighted by atomic mass is 16.7. The van der Waals surface area contributed by atoms with E-state index in [1.165, 1.54) is 6.33 Å². The molecule has 1 aliphatic heterocycles. The molecular weight excluding hydrogens is 350 g/mol. The van der Waals surface area contributed by atoms with Crippen LogP contribution in [0.25, 0.3) is 0 Å². The Bertz CT molecular complexity index is 640. The van der Waals surface area contributed by atoms with E-state index < -0.39 is 6.10 Å². The zero-order valence-corrected chi connectivity index (χ0v) is 16.4. The van der Waals surface area contributed by atoms with E-state index in [0.29, 0.717) is 18.8 Å². The molecule has 0 bridgehead atoms. The highest BCUT2D eigenvalue weighted by Gasteiger charge is 2.38. The van der Waals surface area contributed by atoms with Gasteiger partial charge in [-0.05, 0) is 6.92 Å². The quantitative estimate of drug-likeness (QED) is 0.212. The first kappa shape index (κ1) is 21.2. The second kappa shape index (κ2) is 10.3. The molecule has 3 atom stereocenters. The molecule has 27 heavy (non-hydrogen) atoms. The average molecular weight is 379 g/mol. The number of hydrogen-bond donors (Lipinski definition) is 1. The van der Waals surface area contributed by atoms with Gasteiger partial charge in [0.25, 0.3) is 0 Å². The fourth-order valence-corrected chi connectivity index (χ4v) is 2.77. The zero-order valence-electron chi connectivity index (χ0n) is 16.4. The van der Waals surface area contributed by atoms with E-state index in [9.17, 15) is 5.11 Å². The summed E-state index contributed by atoms with van der Waals surface area (Å²) in [7, 11) is 5.69. The largest absolute Gasteiger partial charge is 0.394 e. The van der Waals surface area contributed by atoms with Gasteiger partial charge in [0, 0.05) is 33.1 Å². The lowest BCUT2D eigenvalue weighted by Crippen LogP contribution is -2.33. The maximum atomic E-state index is 9.60. The van der Waals surface area contributed by atoms with Crippen molar-refractivity contribution in [1.82, 2.24) is 14.9 Å². The molecule has 1 saturated heterocycles. The third-order valence-electron chi connectivity index (χ3n) is 4.17. The SMILES string of the molecule is C=CCOCOC1C[C@H](N(C)c2ncnc(/N=C/N(C)C)c2C)O[C@@H]1CO. The van der Waals surface area contributed by atoms with Gasteiger partial charge in [0.2, 0.25) is 0 Å². The van der Waals surface area contributed by atoms with Gasteiger partial charge in [-0.1, -0.05) is 6.08 Å². The summed E-state index contributed by atoms with van der Waals surface area (Å²) in [6, 6.07) is 0. The molecule has 1 aliphatic rings. The van der Waals surface area contributed by atoms with Crippen LogP contribution in [0.2, 0.25) is 0 Å². The van der Waals surface area contributed by atoms with Crippen LogP contribution < -0.4 is 4.90 Å². The molecule has 0 saturated carbocycles. The molecule has 2 heterocycles. The predicted molar refractivity (Wildman–Crippen MR) is 103 cm³/mol. The maximum absolute atomic E-state index is 9.60. The molecule has 0 amide bonds. The molecule has 1 aromatic heterocycles. The molecule has 0 aliphatic carbocycles. The molecule has 1 unspecified atom stereocenters. The Labute approximate surface area is 160 Å². The van der Waals surface area contributed by atoms with E-state index in [0.717, 1.165) is 11.4 Å². The van der Waals surface area contributed by atoms with Crippen molar-refractivity contribution in [3.05, 3.63) is 24.5 Å². The normalized spacial score (nSPS) is 22.3. The summed E-state index contributed by atoms with van der Waals surface area (Å²) in [5.41, 5.74) is 0.848. The fraction of sp³-hybridized carbons (Fsp3) is 0.611. The summed E-state index contributed by atoms with van der Waals surface area (Å²) >= 11 is 0. The number of hydrogen-bond acceptors (Lipinski definition) is 8. The van der Waals surface area contributed by atoms with Crippen LogP contribution in [-0.2, 0) is 14.2 Å². The number of aliphatic hydroxyl groups excluding tert-OH is 1. The Balaban J connectivity index is 2.07. The molecule has 0 spiro atoms. The fourth-order valence-electron chi connectivity index (χ4n) is 2.77. The van der Waals surface area contributed by atoms with Crippen LogP contribution in [0.3, 0.4) is 0 Å². The third kappa shape index (κ3) is 5.70. The molecule has 1 aromatic rings. The average Bonchev–Trinajstić information content (AvgIpc) is 3.07. The lowest BCUT2D eigenvalue weighted by Gasteiger charge is -2.26. The van der Waals surface area contributed by atoms with Crippen LogP contribution in [0.5, 0.6) is 0 Å². The van der Waals surface area contributed by atoms with E-state index >= 15 is 0 Å². The van der Waals surface area contributed by atoms with E-state index in [-0.39, 0.29) is 25.7 Å². The van der Waals surface area contributed by atoms with Gasteiger partial charge in [-0.15, -0.1) is 6.58 Å². The van der Waals surface area contributed by atoms with Crippen molar-refractivity contribution in [2.24, 2.45) is 4.99 Å².